The lowest BCUT2D eigenvalue weighted by molar-refractivity contribution is 0.0781. The Bertz CT molecular complexity index is 506. The molecule has 110 valence electrons. The van der Waals surface area contributed by atoms with Gasteiger partial charge in [-0.25, -0.2) is 4.98 Å². The molecule has 1 aliphatic heterocycles. The standard InChI is InChI=1S/C14H21ClN4O/c1-9-7-19(8-11(9)18(3)4)14(20)10-5-12(15)17-13(6-10)16-2/h5-6,9,11H,7-8H2,1-4H3,(H,16,17). The molecule has 1 saturated heterocycles. The average molecular weight is 297 g/mol. The first-order chi connectivity index (χ1) is 9.42. The number of rotatable bonds is 3. The monoisotopic (exact) mass is 296 g/mol. The van der Waals surface area contributed by atoms with Crippen molar-refractivity contribution in [3.8, 4) is 0 Å². The number of pyridine rings is 1. The number of hydrogen-bond acceptors (Lipinski definition) is 4. The summed E-state index contributed by atoms with van der Waals surface area (Å²) in [5.74, 6) is 1.09. The quantitative estimate of drug-likeness (QED) is 0.864. The predicted octanol–water partition coefficient (Wildman–Crippen LogP) is 1.80. The SMILES string of the molecule is CNc1cc(C(=O)N2CC(C)C(N(C)C)C2)cc(Cl)n1. The van der Waals surface area contributed by atoms with E-state index in [1.807, 2.05) is 4.90 Å². The predicted molar refractivity (Wildman–Crippen MR) is 81.3 cm³/mol. The van der Waals surface area contributed by atoms with Gasteiger partial charge in [-0.15, -0.1) is 0 Å². The number of nitrogens with zero attached hydrogens (tertiary/aromatic N) is 3. The number of carbonyl (C=O) groups is 1. The molecule has 1 aromatic rings. The van der Waals surface area contributed by atoms with Crippen LogP contribution in [0.25, 0.3) is 0 Å². The summed E-state index contributed by atoms with van der Waals surface area (Å²) < 4.78 is 0. The van der Waals surface area contributed by atoms with Crippen molar-refractivity contribution in [3.05, 3.63) is 22.8 Å². The molecular weight excluding hydrogens is 276 g/mol. The van der Waals surface area contributed by atoms with E-state index in [0.717, 1.165) is 13.1 Å². The van der Waals surface area contributed by atoms with E-state index in [2.05, 4.69) is 36.2 Å². The maximum Gasteiger partial charge on any atom is 0.254 e. The highest BCUT2D eigenvalue weighted by molar-refractivity contribution is 6.29. The van der Waals surface area contributed by atoms with Crippen LogP contribution in [-0.2, 0) is 0 Å². The molecule has 0 radical (unpaired) electrons. The second kappa shape index (κ2) is 5.97. The Labute approximate surface area is 124 Å². The van der Waals surface area contributed by atoms with Gasteiger partial charge in [0.1, 0.15) is 11.0 Å². The molecular formula is C14H21ClN4O. The first-order valence-corrected chi connectivity index (χ1v) is 7.11. The van der Waals surface area contributed by atoms with Crippen LogP contribution in [0.5, 0.6) is 0 Å². The van der Waals surface area contributed by atoms with Gasteiger partial charge in [0.25, 0.3) is 5.91 Å². The van der Waals surface area contributed by atoms with Gasteiger partial charge in [-0.3, -0.25) is 4.79 Å². The Morgan fingerprint density at radius 3 is 2.70 bits per heavy atom. The first-order valence-electron chi connectivity index (χ1n) is 6.73. The van der Waals surface area contributed by atoms with Crippen LogP contribution in [0.2, 0.25) is 5.15 Å². The minimum absolute atomic E-state index is 0.0157. The van der Waals surface area contributed by atoms with Crippen molar-refractivity contribution in [1.29, 1.82) is 0 Å². The van der Waals surface area contributed by atoms with E-state index >= 15 is 0 Å². The lowest BCUT2D eigenvalue weighted by Crippen LogP contribution is -2.35. The zero-order chi connectivity index (χ0) is 14.9. The van der Waals surface area contributed by atoms with E-state index < -0.39 is 0 Å². The Balaban J connectivity index is 2.18. The van der Waals surface area contributed by atoms with Crippen LogP contribution in [0.1, 0.15) is 17.3 Å². The Morgan fingerprint density at radius 2 is 2.15 bits per heavy atom. The Kier molecular flexibility index (Phi) is 4.50. The summed E-state index contributed by atoms with van der Waals surface area (Å²) >= 11 is 5.96. The van der Waals surface area contributed by atoms with Crippen molar-refractivity contribution in [2.75, 3.05) is 39.5 Å². The van der Waals surface area contributed by atoms with E-state index in [4.69, 9.17) is 11.6 Å². The number of anilines is 1. The number of amides is 1. The maximum absolute atomic E-state index is 12.6. The summed E-state index contributed by atoms with van der Waals surface area (Å²) in [5.41, 5.74) is 0.584. The fourth-order valence-electron chi connectivity index (χ4n) is 2.72. The third kappa shape index (κ3) is 3.04. The number of aromatic nitrogens is 1. The van der Waals surface area contributed by atoms with Crippen molar-refractivity contribution in [3.63, 3.8) is 0 Å². The summed E-state index contributed by atoms with van der Waals surface area (Å²) in [5, 5.41) is 3.25. The van der Waals surface area contributed by atoms with Crippen LogP contribution >= 0.6 is 11.6 Å². The van der Waals surface area contributed by atoms with Crippen LogP contribution in [0.3, 0.4) is 0 Å². The smallest absolute Gasteiger partial charge is 0.254 e. The van der Waals surface area contributed by atoms with E-state index in [0.29, 0.717) is 28.5 Å². The molecule has 0 spiro atoms. The molecule has 1 N–H and O–H groups in total. The molecule has 0 aromatic carbocycles. The van der Waals surface area contributed by atoms with Crippen LogP contribution < -0.4 is 5.32 Å². The van der Waals surface area contributed by atoms with Gasteiger partial charge < -0.3 is 15.1 Å². The molecule has 6 heteroatoms. The van der Waals surface area contributed by atoms with Crippen LogP contribution in [0.15, 0.2) is 12.1 Å². The van der Waals surface area contributed by atoms with Crippen LogP contribution in [-0.4, -0.2) is 61.0 Å². The van der Waals surface area contributed by atoms with Gasteiger partial charge in [-0.2, -0.15) is 0 Å². The van der Waals surface area contributed by atoms with E-state index in [1.54, 1.807) is 19.2 Å². The van der Waals surface area contributed by atoms with Gasteiger partial charge in [-0.1, -0.05) is 18.5 Å². The van der Waals surface area contributed by atoms with Crippen molar-refractivity contribution < 1.29 is 4.79 Å². The zero-order valence-corrected chi connectivity index (χ0v) is 13.1. The molecule has 2 atom stereocenters. The molecule has 0 saturated carbocycles. The highest BCUT2D eigenvalue weighted by Crippen LogP contribution is 2.23. The lowest BCUT2D eigenvalue weighted by Gasteiger charge is -2.22. The molecule has 1 aliphatic rings. The summed E-state index contributed by atoms with van der Waals surface area (Å²) in [6.45, 7) is 3.70. The molecule has 20 heavy (non-hydrogen) atoms. The van der Waals surface area contributed by atoms with Gasteiger partial charge in [0, 0.05) is 31.7 Å². The normalized spacial score (nSPS) is 22.4. The number of likely N-dealkylation sites (tertiary alicyclic amines) is 1. The molecule has 0 aliphatic carbocycles. The topological polar surface area (TPSA) is 48.5 Å². The molecule has 2 unspecified atom stereocenters. The fraction of sp³-hybridized carbons (Fsp3) is 0.571. The molecule has 2 heterocycles. The van der Waals surface area contributed by atoms with E-state index in [-0.39, 0.29) is 5.91 Å². The third-order valence-corrected chi connectivity index (χ3v) is 4.01. The van der Waals surface area contributed by atoms with E-state index in [9.17, 15) is 4.79 Å². The number of likely N-dealkylation sites (N-methyl/N-ethyl adjacent to an activating group) is 1. The second-order valence-corrected chi connectivity index (χ2v) is 5.92. The van der Waals surface area contributed by atoms with Gasteiger partial charge in [0.2, 0.25) is 0 Å². The highest BCUT2D eigenvalue weighted by Gasteiger charge is 2.34. The van der Waals surface area contributed by atoms with Crippen molar-refractivity contribution in [2.45, 2.75) is 13.0 Å². The van der Waals surface area contributed by atoms with Gasteiger partial charge in [0.15, 0.2) is 0 Å². The van der Waals surface area contributed by atoms with Gasteiger partial charge >= 0.3 is 0 Å². The lowest BCUT2D eigenvalue weighted by atomic mass is 10.1. The van der Waals surface area contributed by atoms with Gasteiger partial charge in [0.05, 0.1) is 0 Å². The summed E-state index contributed by atoms with van der Waals surface area (Å²) in [6.07, 6.45) is 0. The summed E-state index contributed by atoms with van der Waals surface area (Å²) in [6, 6.07) is 3.76. The largest absolute Gasteiger partial charge is 0.373 e. The van der Waals surface area contributed by atoms with Crippen molar-refractivity contribution in [1.82, 2.24) is 14.8 Å². The van der Waals surface area contributed by atoms with Gasteiger partial charge in [-0.05, 0) is 32.1 Å². The number of nitrogens with one attached hydrogen (secondary N) is 1. The Morgan fingerprint density at radius 1 is 1.45 bits per heavy atom. The van der Waals surface area contributed by atoms with Crippen molar-refractivity contribution >= 4 is 23.3 Å². The number of hydrogen-bond donors (Lipinski definition) is 1. The molecule has 5 nitrogen and oxygen atoms in total. The summed E-state index contributed by atoms with van der Waals surface area (Å²) in [4.78, 5) is 20.7. The van der Waals surface area contributed by atoms with Crippen LogP contribution in [0, 0.1) is 5.92 Å². The molecule has 1 amide bonds. The zero-order valence-electron chi connectivity index (χ0n) is 12.4. The average Bonchev–Trinajstić information content (AvgIpc) is 2.79. The van der Waals surface area contributed by atoms with Crippen LogP contribution in [0.4, 0.5) is 5.82 Å². The minimum Gasteiger partial charge on any atom is -0.373 e. The molecule has 2 rings (SSSR count). The third-order valence-electron chi connectivity index (χ3n) is 3.82. The van der Waals surface area contributed by atoms with E-state index in [1.165, 1.54) is 0 Å². The maximum atomic E-state index is 12.6. The van der Waals surface area contributed by atoms with Crippen molar-refractivity contribution in [2.24, 2.45) is 5.92 Å². The number of halogens is 1. The second-order valence-electron chi connectivity index (χ2n) is 5.53. The molecule has 1 fully saturated rings. The highest BCUT2D eigenvalue weighted by atomic mass is 35.5. The molecule has 0 bridgehead atoms. The summed E-state index contributed by atoms with van der Waals surface area (Å²) in [7, 11) is 5.86. The number of carbonyl (C=O) groups excluding carboxylic acids is 1. The fourth-order valence-corrected chi connectivity index (χ4v) is 2.93. The minimum atomic E-state index is 0.0157. The first kappa shape index (κ1) is 15.1. The molecule has 1 aromatic heterocycles. The Hall–Kier alpha value is -1.33.